The largest absolute Gasteiger partial charge is 0.278 e. The van der Waals surface area contributed by atoms with Crippen LogP contribution in [0.1, 0.15) is 20.7 Å². The number of hydrazine groups is 1. The van der Waals surface area contributed by atoms with E-state index in [4.69, 9.17) is 11.6 Å². The first kappa shape index (κ1) is 20.3. The molecule has 0 spiro atoms. The number of hydrogen-bond acceptors (Lipinski definition) is 5. The van der Waals surface area contributed by atoms with Crippen molar-refractivity contribution in [2.24, 2.45) is 0 Å². The molecule has 0 atom stereocenters. The van der Waals surface area contributed by atoms with Gasteiger partial charge in [-0.3, -0.25) is 30.1 Å². The van der Waals surface area contributed by atoms with Gasteiger partial charge < -0.3 is 0 Å². The van der Waals surface area contributed by atoms with E-state index in [2.05, 4.69) is 20.6 Å². The highest BCUT2D eigenvalue weighted by Gasteiger charge is 2.18. The third kappa shape index (κ3) is 5.09. The number of halogens is 1. The van der Waals surface area contributed by atoms with E-state index in [1.165, 1.54) is 48.8 Å². The monoisotopic (exact) mass is 430 g/mol. The highest BCUT2D eigenvalue weighted by molar-refractivity contribution is 7.92. The minimum atomic E-state index is -3.98. The molecule has 148 valence electrons. The van der Waals surface area contributed by atoms with Gasteiger partial charge in [-0.15, -0.1) is 0 Å². The summed E-state index contributed by atoms with van der Waals surface area (Å²) in [5, 5.41) is 0.239. The van der Waals surface area contributed by atoms with Gasteiger partial charge in [-0.1, -0.05) is 29.8 Å². The fourth-order valence-corrected chi connectivity index (χ4v) is 3.67. The Hall–Kier alpha value is -3.43. The molecule has 0 fully saturated rings. The van der Waals surface area contributed by atoms with Crippen molar-refractivity contribution in [3.63, 3.8) is 0 Å². The molecule has 0 bridgehead atoms. The zero-order valence-electron chi connectivity index (χ0n) is 14.8. The Kier molecular flexibility index (Phi) is 6.10. The van der Waals surface area contributed by atoms with Gasteiger partial charge in [-0.25, -0.2) is 8.42 Å². The fraction of sp³-hybridized carbons (Fsp3) is 0. The van der Waals surface area contributed by atoms with E-state index in [-0.39, 0.29) is 26.7 Å². The summed E-state index contributed by atoms with van der Waals surface area (Å²) in [5.74, 6) is -1.24. The lowest BCUT2D eigenvalue weighted by Gasteiger charge is -2.11. The third-order valence-electron chi connectivity index (χ3n) is 3.74. The molecule has 29 heavy (non-hydrogen) atoms. The summed E-state index contributed by atoms with van der Waals surface area (Å²) in [7, 11) is -3.98. The summed E-state index contributed by atoms with van der Waals surface area (Å²) >= 11 is 5.99. The summed E-state index contributed by atoms with van der Waals surface area (Å²) in [4.78, 5) is 27.9. The molecule has 1 heterocycles. The summed E-state index contributed by atoms with van der Waals surface area (Å²) in [5.41, 5.74) is 4.99. The molecule has 10 heteroatoms. The van der Waals surface area contributed by atoms with Gasteiger partial charge in [0.05, 0.1) is 21.2 Å². The smallest absolute Gasteiger partial charge is 0.271 e. The van der Waals surface area contributed by atoms with E-state index in [9.17, 15) is 18.0 Å². The van der Waals surface area contributed by atoms with Gasteiger partial charge in [0.15, 0.2) is 0 Å². The first-order valence-corrected chi connectivity index (χ1v) is 10.1. The van der Waals surface area contributed by atoms with E-state index >= 15 is 0 Å². The average Bonchev–Trinajstić information content (AvgIpc) is 2.74. The Morgan fingerprint density at radius 1 is 0.862 bits per heavy atom. The second kappa shape index (κ2) is 8.72. The van der Waals surface area contributed by atoms with E-state index in [1.807, 2.05) is 0 Å². The molecule has 0 radical (unpaired) electrons. The summed E-state index contributed by atoms with van der Waals surface area (Å²) in [6.45, 7) is 0. The van der Waals surface area contributed by atoms with Gasteiger partial charge in [-0.2, -0.15) is 0 Å². The quantitative estimate of drug-likeness (QED) is 0.538. The number of pyridine rings is 1. The van der Waals surface area contributed by atoms with Crippen molar-refractivity contribution in [1.82, 2.24) is 15.8 Å². The highest BCUT2D eigenvalue weighted by Crippen LogP contribution is 2.24. The predicted octanol–water partition coefficient (Wildman–Crippen LogP) is 2.61. The second-order valence-electron chi connectivity index (χ2n) is 5.76. The molecule has 3 aromatic rings. The minimum absolute atomic E-state index is 0.0403. The first-order valence-electron chi connectivity index (χ1n) is 8.25. The summed E-state index contributed by atoms with van der Waals surface area (Å²) in [6, 6.07) is 14.8. The number of nitrogens with one attached hydrogen (secondary N) is 3. The van der Waals surface area contributed by atoms with Crippen LogP contribution in [0.15, 0.2) is 78.0 Å². The van der Waals surface area contributed by atoms with E-state index in [1.54, 1.807) is 24.3 Å². The normalized spacial score (nSPS) is 10.8. The van der Waals surface area contributed by atoms with Crippen LogP contribution in [0.25, 0.3) is 0 Å². The molecule has 2 amide bonds. The van der Waals surface area contributed by atoms with Crippen LogP contribution in [0.2, 0.25) is 5.02 Å². The van der Waals surface area contributed by atoms with Crippen LogP contribution in [0, 0.1) is 0 Å². The maximum absolute atomic E-state index is 12.6. The number of carbonyl (C=O) groups excluding carboxylic acids is 2. The first-order chi connectivity index (χ1) is 13.9. The maximum atomic E-state index is 12.6. The highest BCUT2D eigenvalue weighted by atomic mass is 35.5. The number of carbonyl (C=O) groups is 2. The van der Waals surface area contributed by atoms with E-state index in [0.29, 0.717) is 0 Å². The third-order valence-corrected chi connectivity index (χ3v) is 5.43. The van der Waals surface area contributed by atoms with Crippen molar-refractivity contribution in [1.29, 1.82) is 0 Å². The number of aromatic nitrogens is 1. The van der Waals surface area contributed by atoms with Gasteiger partial charge in [0, 0.05) is 18.0 Å². The van der Waals surface area contributed by atoms with Gasteiger partial charge in [-0.05, 0) is 42.5 Å². The molecular formula is C19H15ClN4O4S. The standard InChI is InChI=1S/C19H15ClN4O4S/c20-16-8-1-2-9-17(16)24-29(27,28)15-7-3-5-13(11-15)18(25)22-23-19(26)14-6-4-10-21-12-14/h1-12,24H,(H,22,25)(H,23,26). The van der Waals surface area contributed by atoms with Gasteiger partial charge in [0.2, 0.25) is 0 Å². The number of amides is 2. The number of para-hydroxylation sites is 1. The SMILES string of the molecule is O=C(NNC(=O)c1cccc(S(=O)(=O)Nc2ccccc2Cl)c1)c1cccnc1. The van der Waals surface area contributed by atoms with Gasteiger partial charge in [0.25, 0.3) is 21.8 Å². The molecule has 0 unspecified atom stereocenters. The molecule has 8 nitrogen and oxygen atoms in total. The Bertz CT molecular complexity index is 1150. The second-order valence-corrected chi connectivity index (χ2v) is 7.85. The Balaban J connectivity index is 1.72. The number of benzene rings is 2. The van der Waals surface area contributed by atoms with Crippen LogP contribution in [-0.2, 0) is 10.0 Å². The summed E-state index contributed by atoms with van der Waals surface area (Å²) in [6.07, 6.45) is 2.85. The van der Waals surface area contributed by atoms with Crippen LogP contribution in [0.3, 0.4) is 0 Å². The average molecular weight is 431 g/mol. The molecule has 1 aromatic heterocycles. The van der Waals surface area contributed by atoms with Crippen LogP contribution >= 0.6 is 11.6 Å². The lowest BCUT2D eigenvalue weighted by Crippen LogP contribution is -2.41. The number of hydrogen-bond donors (Lipinski definition) is 3. The predicted molar refractivity (Wildman–Crippen MR) is 108 cm³/mol. The zero-order valence-corrected chi connectivity index (χ0v) is 16.4. The van der Waals surface area contributed by atoms with E-state index < -0.39 is 21.8 Å². The molecule has 2 aromatic carbocycles. The van der Waals surface area contributed by atoms with Crippen molar-refractivity contribution < 1.29 is 18.0 Å². The minimum Gasteiger partial charge on any atom is -0.278 e. The lowest BCUT2D eigenvalue weighted by molar-refractivity contribution is 0.0846. The van der Waals surface area contributed by atoms with Crippen molar-refractivity contribution in [3.05, 3.63) is 89.2 Å². The number of anilines is 1. The number of nitrogens with zero attached hydrogens (tertiary/aromatic N) is 1. The molecular weight excluding hydrogens is 416 g/mol. The van der Waals surface area contributed by atoms with Crippen LogP contribution in [0.4, 0.5) is 5.69 Å². The molecule has 3 N–H and O–H groups in total. The molecule has 0 aliphatic carbocycles. The van der Waals surface area contributed by atoms with Crippen molar-refractivity contribution in [2.75, 3.05) is 4.72 Å². The number of rotatable bonds is 5. The molecule has 3 rings (SSSR count). The Labute approximate surface area is 172 Å². The number of sulfonamides is 1. The molecule has 0 saturated carbocycles. The van der Waals surface area contributed by atoms with Crippen molar-refractivity contribution >= 4 is 39.1 Å². The van der Waals surface area contributed by atoms with E-state index in [0.717, 1.165) is 0 Å². The van der Waals surface area contributed by atoms with Crippen LogP contribution < -0.4 is 15.6 Å². The Morgan fingerprint density at radius 2 is 1.55 bits per heavy atom. The van der Waals surface area contributed by atoms with Crippen LogP contribution in [0.5, 0.6) is 0 Å². The molecule has 0 saturated heterocycles. The van der Waals surface area contributed by atoms with Crippen molar-refractivity contribution in [2.45, 2.75) is 4.90 Å². The topological polar surface area (TPSA) is 117 Å². The van der Waals surface area contributed by atoms with Crippen LogP contribution in [-0.4, -0.2) is 25.2 Å². The lowest BCUT2D eigenvalue weighted by atomic mass is 10.2. The van der Waals surface area contributed by atoms with Crippen molar-refractivity contribution in [3.8, 4) is 0 Å². The fourth-order valence-electron chi connectivity index (χ4n) is 2.31. The van der Waals surface area contributed by atoms with Gasteiger partial charge >= 0.3 is 0 Å². The molecule has 0 aliphatic heterocycles. The van der Waals surface area contributed by atoms with Gasteiger partial charge in [0.1, 0.15) is 0 Å². The zero-order chi connectivity index (χ0) is 20.9. The summed E-state index contributed by atoms with van der Waals surface area (Å²) < 4.78 is 27.6. The Morgan fingerprint density at radius 3 is 2.24 bits per heavy atom. The molecule has 0 aliphatic rings. The maximum Gasteiger partial charge on any atom is 0.271 e.